The van der Waals surface area contributed by atoms with Crippen molar-refractivity contribution in [1.29, 1.82) is 0 Å². The van der Waals surface area contributed by atoms with Crippen molar-refractivity contribution in [2.24, 2.45) is 11.3 Å². The number of hydrogen-bond acceptors (Lipinski definition) is 1. The molecule has 0 radical (unpaired) electrons. The fourth-order valence-corrected chi connectivity index (χ4v) is 1.34. The molecule has 0 rings (SSSR count). The summed E-state index contributed by atoms with van der Waals surface area (Å²) < 4.78 is 0. The van der Waals surface area contributed by atoms with Crippen LogP contribution in [0, 0.1) is 11.3 Å². The average Bonchev–Trinajstić information content (AvgIpc) is 1.85. The standard InChI is InChI=1S/C11H25N/c1-7-8-12(6)9-11(4,5)10(2)3/h10H,7-9H2,1-6H3. The molecule has 0 saturated carbocycles. The molecule has 0 aliphatic rings. The largest absolute Gasteiger partial charge is 0.306 e. The minimum absolute atomic E-state index is 0.448. The van der Waals surface area contributed by atoms with Gasteiger partial charge >= 0.3 is 0 Å². The summed E-state index contributed by atoms with van der Waals surface area (Å²) in [5.74, 6) is 0.761. The minimum atomic E-state index is 0.448. The molecule has 12 heavy (non-hydrogen) atoms. The molecule has 0 spiro atoms. The van der Waals surface area contributed by atoms with Crippen molar-refractivity contribution in [3.63, 3.8) is 0 Å². The summed E-state index contributed by atoms with van der Waals surface area (Å²) in [5, 5.41) is 0. The molecule has 0 aliphatic heterocycles. The molecular weight excluding hydrogens is 146 g/mol. The van der Waals surface area contributed by atoms with E-state index in [0.29, 0.717) is 5.41 Å². The normalized spacial score (nSPS) is 13.0. The van der Waals surface area contributed by atoms with Gasteiger partial charge in [-0.05, 0) is 31.3 Å². The maximum absolute atomic E-state index is 2.43. The van der Waals surface area contributed by atoms with Crippen LogP contribution in [0.3, 0.4) is 0 Å². The van der Waals surface area contributed by atoms with Crippen LogP contribution in [0.4, 0.5) is 0 Å². The van der Waals surface area contributed by atoms with Gasteiger partial charge in [-0.15, -0.1) is 0 Å². The van der Waals surface area contributed by atoms with Crippen molar-refractivity contribution in [3.05, 3.63) is 0 Å². The van der Waals surface area contributed by atoms with E-state index in [1.807, 2.05) is 0 Å². The van der Waals surface area contributed by atoms with Crippen molar-refractivity contribution >= 4 is 0 Å². The molecule has 0 aliphatic carbocycles. The second-order valence-corrected chi connectivity index (χ2v) is 4.88. The molecule has 0 unspecified atom stereocenters. The third-order valence-electron chi connectivity index (χ3n) is 2.85. The molecule has 1 heteroatoms. The summed E-state index contributed by atoms with van der Waals surface area (Å²) in [4.78, 5) is 2.43. The van der Waals surface area contributed by atoms with Crippen molar-refractivity contribution in [3.8, 4) is 0 Å². The summed E-state index contributed by atoms with van der Waals surface area (Å²) >= 11 is 0. The van der Waals surface area contributed by atoms with Crippen molar-refractivity contribution < 1.29 is 0 Å². The molecule has 0 saturated heterocycles. The van der Waals surface area contributed by atoms with Crippen LogP contribution in [0.5, 0.6) is 0 Å². The fraction of sp³-hybridized carbons (Fsp3) is 1.00. The van der Waals surface area contributed by atoms with Crippen molar-refractivity contribution in [2.45, 2.75) is 41.0 Å². The minimum Gasteiger partial charge on any atom is -0.306 e. The Labute approximate surface area is 78.1 Å². The van der Waals surface area contributed by atoms with E-state index in [2.05, 4.69) is 46.6 Å². The molecule has 0 atom stereocenters. The summed E-state index contributed by atoms with van der Waals surface area (Å²) in [5.41, 5.74) is 0.448. The maximum Gasteiger partial charge on any atom is 0.00321 e. The maximum atomic E-state index is 2.43. The summed E-state index contributed by atoms with van der Waals surface area (Å²) in [7, 11) is 2.22. The Balaban J connectivity index is 3.88. The Kier molecular flexibility index (Phi) is 4.84. The lowest BCUT2D eigenvalue weighted by molar-refractivity contribution is 0.156. The first-order valence-corrected chi connectivity index (χ1v) is 5.08. The third kappa shape index (κ3) is 4.10. The van der Waals surface area contributed by atoms with Crippen LogP contribution in [-0.4, -0.2) is 25.0 Å². The third-order valence-corrected chi connectivity index (χ3v) is 2.85. The zero-order chi connectivity index (χ0) is 9.78. The van der Waals surface area contributed by atoms with Gasteiger partial charge in [-0.1, -0.05) is 34.6 Å². The highest BCUT2D eigenvalue weighted by Crippen LogP contribution is 2.26. The Morgan fingerprint density at radius 2 is 1.75 bits per heavy atom. The molecule has 1 nitrogen and oxygen atoms in total. The van der Waals surface area contributed by atoms with Gasteiger partial charge < -0.3 is 4.90 Å². The van der Waals surface area contributed by atoms with E-state index < -0.39 is 0 Å². The first kappa shape index (κ1) is 12.0. The van der Waals surface area contributed by atoms with Gasteiger partial charge in [-0.3, -0.25) is 0 Å². The van der Waals surface area contributed by atoms with Crippen LogP contribution < -0.4 is 0 Å². The molecule has 0 bridgehead atoms. The van der Waals surface area contributed by atoms with Crippen LogP contribution in [0.1, 0.15) is 41.0 Å². The lowest BCUT2D eigenvalue weighted by Crippen LogP contribution is -2.35. The first-order chi connectivity index (χ1) is 5.40. The van der Waals surface area contributed by atoms with Crippen molar-refractivity contribution in [2.75, 3.05) is 20.1 Å². The van der Waals surface area contributed by atoms with Crippen molar-refractivity contribution in [1.82, 2.24) is 4.90 Å². The van der Waals surface area contributed by atoms with Gasteiger partial charge in [0.1, 0.15) is 0 Å². The predicted molar refractivity (Wildman–Crippen MR) is 56.4 cm³/mol. The lowest BCUT2D eigenvalue weighted by atomic mass is 9.81. The Morgan fingerprint density at radius 1 is 1.25 bits per heavy atom. The highest BCUT2D eigenvalue weighted by Gasteiger charge is 2.23. The Morgan fingerprint density at radius 3 is 2.08 bits per heavy atom. The van der Waals surface area contributed by atoms with Gasteiger partial charge in [-0.25, -0.2) is 0 Å². The molecule has 0 aromatic heterocycles. The topological polar surface area (TPSA) is 3.24 Å². The number of nitrogens with zero attached hydrogens (tertiary/aromatic N) is 1. The van der Waals surface area contributed by atoms with Crippen LogP contribution in [0.15, 0.2) is 0 Å². The average molecular weight is 171 g/mol. The molecule has 74 valence electrons. The molecule has 0 aromatic carbocycles. The molecule has 0 aromatic rings. The SMILES string of the molecule is CCCN(C)CC(C)(C)C(C)C. The quantitative estimate of drug-likeness (QED) is 0.614. The second-order valence-electron chi connectivity index (χ2n) is 4.88. The van der Waals surface area contributed by atoms with Gasteiger partial charge in [0.05, 0.1) is 0 Å². The zero-order valence-electron chi connectivity index (χ0n) is 9.65. The highest BCUT2D eigenvalue weighted by molar-refractivity contribution is 4.75. The molecule has 0 N–H and O–H groups in total. The smallest absolute Gasteiger partial charge is 0.00321 e. The Hall–Kier alpha value is -0.0400. The van der Waals surface area contributed by atoms with Crippen LogP contribution in [-0.2, 0) is 0 Å². The van der Waals surface area contributed by atoms with E-state index in [9.17, 15) is 0 Å². The zero-order valence-corrected chi connectivity index (χ0v) is 9.65. The van der Waals surface area contributed by atoms with Gasteiger partial charge in [0, 0.05) is 6.54 Å². The number of hydrogen-bond donors (Lipinski definition) is 0. The van der Waals surface area contributed by atoms with E-state index >= 15 is 0 Å². The van der Waals surface area contributed by atoms with E-state index in [-0.39, 0.29) is 0 Å². The summed E-state index contributed by atoms with van der Waals surface area (Å²) in [6.07, 6.45) is 1.25. The predicted octanol–water partition coefficient (Wildman–Crippen LogP) is 3.01. The van der Waals surface area contributed by atoms with E-state index in [0.717, 1.165) is 5.92 Å². The molecular formula is C11H25N. The van der Waals surface area contributed by atoms with Crippen LogP contribution >= 0.6 is 0 Å². The van der Waals surface area contributed by atoms with Crippen LogP contribution in [0.25, 0.3) is 0 Å². The van der Waals surface area contributed by atoms with Gasteiger partial charge in [0.2, 0.25) is 0 Å². The molecule has 0 heterocycles. The van der Waals surface area contributed by atoms with E-state index in [1.165, 1.54) is 19.5 Å². The second kappa shape index (κ2) is 4.86. The summed E-state index contributed by atoms with van der Waals surface area (Å²) in [6.45, 7) is 14.0. The van der Waals surface area contributed by atoms with Crippen LogP contribution in [0.2, 0.25) is 0 Å². The Bertz CT molecular complexity index is 116. The first-order valence-electron chi connectivity index (χ1n) is 5.08. The lowest BCUT2D eigenvalue weighted by Gasteiger charge is -2.33. The fourth-order valence-electron chi connectivity index (χ4n) is 1.34. The van der Waals surface area contributed by atoms with Gasteiger partial charge in [0.25, 0.3) is 0 Å². The highest BCUT2D eigenvalue weighted by atomic mass is 15.1. The monoisotopic (exact) mass is 171 g/mol. The summed E-state index contributed by atoms with van der Waals surface area (Å²) in [6, 6.07) is 0. The van der Waals surface area contributed by atoms with E-state index in [4.69, 9.17) is 0 Å². The van der Waals surface area contributed by atoms with Gasteiger partial charge in [0.15, 0.2) is 0 Å². The van der Waals surface area contributed by atoms with E-state index in [1.54, 1.807) is 0 Å². The van der Waals surface area contributed by atoms with Gasteiger partial charge in [-0.2, -0.15) is 0 Å². The molecule has 0 amide bonds. The molecule has 0 fully saturated rings. The number of rotatable bonds is 5.